The molecular weight excluding hydrogens is 342 g/mol. The molecule has 132 valence electrons. The van der Waals surface area contributed by atoms with Crippen molar-refractivity contribution in [2.24, 2.45) is 5.73 Å². The van der Waals surface area contributed by atoms with Gasteiger partial charge in [0.25, 0.3) is 5.91 Å². The third kappa shape index (κ3) is 5.05. The second-order valence-electron chi connectivity index (χ2n) is 5.62. The molecule has 0 unspecified atom stereocenters. The summed E-state index contributed by atoms with van der Waals surface area (Å²) < 4.78 is 23.3. The molecule has 2 aromatic rings. The molecule has 0 saturated heterocycles. The second kappa shape index (κ2) is 7.35. The van der Waals surface area contributed by atoms with Gasteiger partial charge in [0, 0.05) is 24.1 Å². The highest BCUT2D eigenvalue weighted by Gasteiger charge is 2.14. The maximum atomic E-state index is 12.4. The number of nitrogens with one attached hydrogen (secondary N) is 2. The molecule has 0 atom stereocenters. The third-order valence-electron chi connectivity index (χ3n) is 3.56. The number of carbonyl (C=O) groups excluding carboxylic acids is 2. The van der Waals surface area contributed by atoms with Gasteiger partial charge >= 0.3 is 6.03 Å². The molecule has 0 aliphatic rings. The fraction of sp³-hybridized carbons (Fsp3) is 0.176. The van der Waals surface area contributed by atoms with Crippen molar-refractivity contribution in [2.75, 3.05) is 11.6 Å². The minimum Gasteiger partial charge on any atom is -0.351 e. The number of benzene rings is 2. The van der Waals surface area contributed by atoms with Crippen LogP contribution in [-0.2, 0) is 16.4 Å². The van der Waals surface area contributed by atoms with Crippen molar-refractivity contribution in [3.8, 4) is 0 Å². The normalized spacial score (nSPS) is 11.0. The number of primary amides is 1. The van der Waals surface area contributed by atoms with Gasteiger partial charge in [0.2, 0.25) is 0 Å². The summed E-state index contributed by atoms with van der Waals surface area (Å²) in [5, 5.41) is 5.19. The number of anilines is 1. The van der Waals surface area contributed by atoms with Crippen LogP contribution < -0.4 is 16.4 Å². The zero-order valence-electron chi connectivity index (χ0n) is 13.9. The van der Waals surface area contributed by atoms with E-state index in [1.165, 1.54) is 12.1 Å². The van der Waals surface area contributed by atoms with Crippen LogP contribution in [0.4, 0.5) is 10.5 Å². The van der Waals surface area contributed by atoms with E-state index in [2.05, 4.69) is 10.6 Å². The number of aryl methyl sites for hydroxylation is 1. The van der Waals surface area contributed by atoms with E-state index < -0.39 is 15.9 Å². The lowest BCUT2D eigenvalue weighted by Gasteiger charge is -2.10. The lowest BCUT2D eigenvalue weighted by molar-refractivity contribution is 0.0950. The molecule has 3 amide bonds. The molecule has 25 heavy (non-hydrogen) atoms. The Morgan fingerprint density at radius 3 is 2.28 bits per heavy atom. The van der Waals surface area contributed by atoms with Crippen LogP contribution >= 0.6 is 0 Å². The highest BCUT2D eigenvalue weighted by atomic mass is 32.2. The van der Waals surface area contributed by atoms with E-state index in [4.69, 9.17) is 5.73 Å². The van der Waals surface area contributed by atoms with Crippen LogP contribution in [0.3, 0.4) is 0 Å². The molecule has 0 radical (unpaired) electrons. The zero-order chi connectivity index (χ0) is 18.6. The predicted molar refractivity (Wildman–Crippen MR) is 95.1 cm³/mol. The second-order valence-corrected chi connectivity index (χ2v) is 7.63. The summed E-state index contributed by atoms with van der Waals surface area (Å²) in [5.41, 5.74) is 7.41. The van der Waals surface area contributed by atoms with Crippen LogP contribution in [0.1, 0.15) is 21.5 Å². The van der Waals surface area contributed by atoms with Gasteiger partial charge < -0.3 is 16.4 Å². The number of rotatable bonds is 5. The van der Waals surface area contributed by atoms with Crippen LogP contribution in [0, 0.1) is 6.92 Å². The Morgan fingerprint density at radius 2 is 1.72 bits per heavy atom. The maximum absolute atomic E-state index is 12.4. The van der Waals surface area contributed by atoms with Crippen molar-refractivity contribution < 1.29 is 18.0 Å². The van der Waals surface area contributed by atoms with Crippen LogP contribution in [0.15, 0.2) is 47.4 Å². The number of hydrogen-bond acceptors (Lipinski definition) is 4. The van der Waals surface area contributed by atoms with Crippen molar-refractivity contribution in [1.29, 1.82) is 0 Å². The number of amides is 3. The molecule has 0 aliphatic carbocycles. The van der Waals surface area contributed by atoms with E-state index in [9.17, 15) is 18.0 Å². The average molecular weight is 361 g/mol. The van der Waals surface area contributed by atoms with Gasteiger partial charge in [-0.3, -0.25) is 4.79 Å². The first-order valence-electron chi connectivity index (χ1n) is 7.41. The largest absolute Gasteiger partial charge is 0.351 e. The standard InChI is InChI=1S/C17H19N3O4S/c1-11-3-8-14(25(2,23)24)9-15(11)16(21)19-10-12-4-6-13(7-5-12)20-17(18)22/h3-9H,10H2,1-2H3,(H,19,21)(H3,18,20,22). The van der Waals surface area contributed by atoms with Crippen molar-refractivity contribution >= 4 is 27.5 Å². The van der Waals surface area contributed by atoms with E-state index >= 15 is 0 Å². The van der Waals surface area contributed by atoms with Crippen LogP contribution in [-0.4, -0.2) is 26.6 Å². The number of urea groups is 1. The molecular formula is C17H19N3O4S. The Balaban J connectivity index is 2.09. The third-order valence-corrected chi connectivity index (χ3v) is 4.67. The molecule has 2 rings (SSSR count). The summed E-state index contributed by atoms with van der Waals surface area (Å²) in [5.74, 6) is -0.359. The Bertz CT molecular complexity index is 906. The molecule has 7 nitrogen and oxygen atoms in total. The Hall–Kier alpha value is -2.87. The first kappa shape index (κ1) is 18.5. The zero-order valence-corrected chi connectivity index (χ0v) is 14.7. The van der Waals surface area contributed by atoms with Gasteiger partial charge in [-0.15, -0.1) is 0 Å². The smallest absolute Gasteiger partial charge is 0.316 e. The van der Waals surface area contributed by atoms with Crippen molar-refractivity contribution in [3.63, 3.8) is 0 Å². The Kier molecular flexibility index (Phi) is 5.43. The molecule has 0 fully saturated rings. The molecule has 0 heterocycles. The summed E-state index contributed by atoms with van der Waals surface area (Å²) in [6.45, 7) is 2.00. The van der Waals surface area contributed by atoms with E-state index in [0.29, 0.717) is 16.8 Å². The Morgan fingerprint density at radius 1 is 1.08 bits per heavy atom. The number of carbonyl (C=O) groups is 2. The molecule has 0 saturated carbocycles. The monoisotopic (exact) mass is 361 g/mol. The summed E-state index contributed by atoms with van der Waals surface area (Å²) in [4.78, 5) is 23.2. The number of sulfone groups is 1. The quantitative estimate of drug-likeness (QED) is 0.752. The van der Waals surface area contributed by atoms with Crippen LogP contribution in [0.25, 0.3) is 0 Å². The molecule has 0 spiro atoms. The van der Waals surface area contributed by atoms with Crippen molar-refractivity contribution in [2.45, 2.75) is 18.4 Å². The summed E-state index contributed by atoms with van der Waals surface area (Å²) in [6, 6.07) is 10.6. The molecule has 0 aromatic heterocycles. The van der Waals surface area contributed by atoms with Gasteiger partial charge in [-0.05, 0) is 42.3 Å². The van der Waals surface area contributed by atoms with Gasteiger partial charge in [0.1, 0.15) is 0 Å². The summed E-state index contributed by atoms with van der Waals surface area (Å²) in [7, 11) is -3.38. The topological polar surface area (TPSA) is 118 Å². The number of hydrogen-bond donors (Lipinski definition) is 3. The molecule has 4 N–H and O–H groups in total. The van der Waals surface area contributed by atoms with E-state index in [-0.39, 0.29) is 17.3 Å². The molecule has 0 bridgehead atoms. The average Bonchev–Trinajstić information content (AvgIpc) is 2.52. The lowest BCUT2D eigenvalue weighted by Crippen LogP contribution is -2.24. The highest BCUT2D eigenvalue weighted by Crippen LogP contribution is 2.16. The molecule has 2 aromatic carbocycles. The minimum absolute atomic E-state index is 0.102. The van der Waals surface area contributed by atoms with Crippen LogP contribution in [0.2, 0.25) is 0 Å². The van der Waals surface area contributed by atoms with Crippen LogP contribution in [0.5, 0.6) is 0 Å². The SMILES string of the molecule is Cc1ccc(S(C)(=O)=O)cc1C(=O)NCc1ccc(NC(N)=O)cc1. The summed E-state index contributed by atoms with van der Waals surface area (Å²) in [6.07, 6.45) is 1.10. The molecule has 8 heteroatoms. The highest BCUT2D eigenvalue weighted by molar-refractivity contribution is 7.90. The van der Waals surface area contributed by atoms with Gasteiger partial charge in [0.15, 0.2) is 9.84 Å². The predicted octanol–water partition coefficient (Wildman–Crippen LogP) is 1.82. The Labute approximate surface area is 146 Å². The molecule has 0 aliphatic heterocycles. The van der Waals surface area contributed by atoms with Crippen molar-refractivity contribution in [1.82, 2.24) is 5.32 Å². The number of nitrogens with two attached hydrogens (primary N) is 1. The van der Waals surface area contributed by atoms with Gasteiger partial charge in [-0.25, -0.2) is 13.2 Å². The lowest BCUT2D eigenvalue weighted by atomic mass is 10.1. The minimum atomic E-state index is -3.38. The van der Waals surface area contributed by atoms with Gasteiger partial charge in [-0.1, -0.05) is 18.2 Å². The van der Waals surface area contributed by atoms with E-state index in [0.717, 1.165) is 11.8 Å². The first-order chi connectivity index (χ1) is 11.7. The van der Waals surface area contributed by atoms with Gasteiger partial charge in [-0.2, -0.15) is 0 Å². The summed E-state index contributed by atoms with van der Waals surface area (Å²) >= 11 is 0. The van der Waals surface area contributed by atoms with Crippen molar-refractivity contribution in [3.05, 3.63) is 59.2 Å². The fourth-order valence-corrected chi connectivity index (χ4v) is 2.85. The van der Waals surface area contributed by atoms with E-state index in [1.807, 2.05) is 0 Å². The van der Waals surface area contributed by atoms with E-state index in [1.54, 1.807) is 37.3 Å². The van der Waals surface area contributed by atoms with Gasteiger partial charge in [0.05, 0.1) is 4.90 Å². The maximum Gasteiger partial charge on any atom is 0.316 e. The fourth-order valence-electron chi connectivity index (χ4n) is 2.20. The first-order valence-corrected chi connectivity index (χ1v) is 9.30.